The maximum absolute atomic E-state index is 8.67. The number of hydrogen-bond acceptors (Lipinski definition) is 4. The number of nitrogens with zero attached hydrogens (tertiary/aromatic N) is 1. The van der Waals surface area contributed by atoms with Crippen LogP contribution in [-0.2, 0) is 9.47 Å². The molecule has 4 heteroatoms. The number of nitriles is 1. The Morgan fingerprint density at radius 3 is 3.07 bits per heavy atom. The van der Waals surface area contributed by atoms with Crippen molar-refractivity contribution in [3.8, 4) is 6.07 Å². The Kier molecular flexibility index (Phi) is 4.33. The quantitative estimate of drug-likeness (QED) is 0.664. The Morgan fingerprint density at radius 2 is 2.50 bits per heavy atom. The van der Waals surface area contributed by atoms with Crippen LogP contribution in [0.15, 0.2) is 0 Å². The van der Waals surface area contributed by atoms with E-state index < -0.39 is 5.54 Å². The van der Waals surface area contributed by atoms with E-state index in [2.05, 4.69) is 6.07 Å². The van der Waals surface area contributed by atoms with Crippen molar-refractivity contribution >= 4 is 0 Å². The molecule has 0 amide bonds. The largest absolute Gasteiger partial charge is 0.379 e. The van der Waals surface area contributed by atoms with E-state index >= 15 is 0 Å². The fourth-order valence-corrected chi connectivity index (χ4v) is 1.39. The molecule has 1 aliphatic heterocycles. The number of hydrogen-bond donors (Lipinski definition) is 1. The number of ether oxygens (including phenoxy) is 2. The van der Waals surface area contributed by atoms with Crippen molar-refractivity contribution in [1.82, 2.24) is 0 Å². The molecule has 0 spiro atoms. The summed E-state index contributed by atoms with van der Waals surface area (Å²) in [4.78, 5) is 0. The third kappa shape index (κ3) is 4.05. The minimum atomic E-state index is -0.713. The molecule has 0 saturated carbocycles. The summed E-state index contributed by atoms with van der Waals surface area (Å²) in [6.45, 7) is 3.92. The molecule has 2 unspecified atom stereocenters. The molecule has 0 aromatic heterocycles. The maximum Gasteiger partial charge on any atom is 0.101 e. The highest BCUT2D eigenvalue weighted by Gasteiger charge is 2.18. The van der Waals surface area contributed by atoms with Crippen molar-refractivity contribution < 1.29 is 9.47 Å². The van der Waals surface area contributed by atoms with Gasteiger partial charge in [-0.3, -0.25) is 0 Å². The van der Waals surface area contributed by atoms with E-state index in [1.807, 2.05) is 0 Å². The van der Waals surface area contributed by atoms with Gasteiger partial charge in [-0.2, -0.15) is 5.26 Å². The molecule has 0 aromatic carbocycles. The predicted octanol–water partition coefficient (Wildman–Crippen LogP) is 0.813. The number of nitrogens with two attached hydrogens (primary N) is 1. The second-order valence-electron chi connectivity index (χ2n) is 3.99. The lowest BCUT2D eigenvalue weighted by atomic mass is 10.00. The topological polar surface area (TPSA) is 68.3 Å². The molecule has 14 heavy (non-hydrogen) atoms. The van der Waals surface area contributed by atoms with Crippen LogP contribution in [0.2, 0.25) is 0 Å². The third-order valence-electron chi connectivity index (χ3n) is 2.34. The van der Waals surface area contributed by atoms with E-state index in [0.717, 1.165) is 19.4 Å². The van der Waals surface area contributed by atoms with Crippen molar-refractivity contribution in [2.45, 2.75) is 37.8 Å². The van der Waals surface area contributed by atoms with E-state index in [4.69, 9.17) is 20.5 Å². The highest BCUT2D eigenvalue weighted by Crippen LogP contribution is 2.11. The first-order valence-electron chi connectivity index (χ1n) is 5.03. The lowest BCUT2D eigenvalue weighted by Gasteiger charge is -2.15. The van der Waals surface area contributed by atoms with Crippen LogP contribution in [0.5, 0.6) is 0 Å². The smallest absolute Gasteiger partial charge is 0.101 e. The molecule has 2 N–H and O–H groups in total. The second-order valence-corrected chi connectivity index (χ2v) is 3.99. The standard InChI is InChI=1S/C10H18N2O2/c1-10(12,8-11)4-2-5-14-9-3-6-13-7-9/h9H,2-7,12H2,1H3. The lowest BCUT2D eigenvalue weighted by molar-refractivity contribution is 0.0396. The van der Waals surface area contributed by atoms with Gasteiger partial charge in [0.2, 0.25) is 0 Å². The van der Waals surface area contributed by atoms with Crippen molar-refractivity contribution in [1.29, 1.82) is 5.26 Å². The normalized spacial score (nSPS) is 25.6. The van der Waals surface area contributed by atoms with Gasteiger partial charge in [0, 0.05) is 13.2 Å². The molecule has 4 nitrogen and oxygen atoms in total. The van der Waals surface area contributed by atoms with Gasteiger partial charge in [0.15, 0.2) is 0 Å². The van der Waals surface area contributed by atoms with Crippen LogP contribution in [0.4, 0.5) is 0 Å². The minimum Gasteiger partial charge on any atom is -0.379 e. The summed E-state index contributed by atoms with van der Waals surface area (Å²) < 4.78 is 10.7. The lowest BCUT2D eigenvalue weighted by Crippen LogP contribution is -2.34. The second kappa shape index (κ2) is 5.30. The van der Waals surface area contributed by atoms with Crippen LogP contribution in [-0.4, -0.2) is 31.5 Å². The molecule has 0 bridgehead atoms. The summed E-state index contributed by atoms with van der Waals surface area (Å²) in [5, 5.41) is 8.67. The van der Waals surface area contributed by atoms with E-state index in [0.29, 0.717) is 19.6 Å². The zero-order valence-electron chi connectivity index (χ0n) is 8.66. The average molecular weight is 198 g/mol. The van der Waals surface area contributed by atoms with Gasteiger partial charge in [0.25, 0.3) is 0 Å². The van der Waals surface area contributed by atoms with Crippen LogP contribution in [0.25, 0.3) is 0 Å². The summed E-state index contributed by atoms with van der Waals surface area (Å²) >= 11 is 0. The fourth-order valence-electron chi connectivity index (χ4n) is 1.39. The molecule has 0 aromatic rings. The van der Waals surface area contributed by atoms with Crippen LogP contribution >= 0.6 is 0 Å². The Hall–Kier alpha value is -0.630. The maximum atomic E-state index is 8.67. The molecule has 1 saturated heterocycles. The van der Waals surface area contributed by atoms with E-state index in [-0.39, 0.29) is 6.10 Å². The summed E-state index contributed by atoms with van der Waals surface area (Å²) in [5.74, 6) is 0. The minimum absolute atomic E-state index is 0.251. The summed E-state index contributed by atoms with van der Waals surface area (Å²) in [7, 11) is 0. The Bertz CT molecular complexity index is 205. The third-order valence-corrected chi connectivity index (χ3v) is 2.34. The first-order chi connectivity index (χ1) is 6.64. The summed E-state index contributed by atoms with van der Waals surface area (Å²) in [6.07, 6.45) is 2.74. The average Bonchev–Trinajstić information content (AvgIpc) is 2.65. The zero-order valence-corrected chi connectivity index (χ0v) is 8.66. The first kappa shape index (κ1) is 11.4. The van der Waals surface area contributed by atoms with Gasteiger partial charge in [-0.1, -0.05) is 0 Å². The predicted molar refractivity (Wildman–Crippen MR) is 52.6 cm³/mol. The Balaban J connectivity index is 2.02. The van der Waals surface area contributed by atoms with Crippen molar-refractivity contribution in [2.75, 3.05) is 19.8 Å². The van der Waals surface area contributed by atoms with Gasteiger partial charge in [0.1, 0.15) is 5.54 Å². The molecule has 1 rings (SSSR count). The fraction of sp³-hybridized carbons (Fsp3) is 0.900. The molecule has 1 fully saturated rings. The van der Waals surface area contributed by atoms with Crippen LogP contribution < -0.4 is 5.73 Å². The molecule has 2 atom stereocenters. The molecule has 1 aliphatic rings. The molecular formula is C10H18N2O2. The van der Waals surface area contributed by atoms with Gasteiger partial charge in [-0.25, -0.2) is 0 Å². The van der Waals surface area contributed by atoms with E-state index in [1.54, 1.807) is 6.92 Å². The van der Waals surface area contributed by atoms with Crippen molar-refractivity contribution in [2.24, 2.45) is 5.73 Å². The van der Waals surface area contributed by atoms with Crippen LogP contribution in [0.3, 0.4) is 0 Å². The number of rotatable bonds is 5. The monoisotopic (exact) mass is 198 g/mol. The van der Waals surface area contributed by atoms with E-state index in [9.17, 15) is 0 Å². The van der Waals surface area contributed by atoms with Gasteiger partial charge in [-0.05, 0) is 26.2 Å². The SMILES string of the molecule is CC(N)(C#N)CCCOC1CCOC1. The van der Waals surface area contributed by atoms with Crippen LogP contribution in [0, 0.1) is 11.3 Å². The summed E-state index contributed by atoms with van der Waals surface area (Å²) in [5.41, 5.74) is 4.96. The Morgan fingerprint density at radius 1 is 1.71 bits per heavy atom. The zero-order chi connectivity index (χ0) is 10.4. The first-order valence-corrected chi connectivity index (χ1v) is 5.03. The molecule has 1 heterocycles. The highest BCUT2D eigenvalue weighted by atomic mass is 16.5. The summed E-state index contributed by atoms with van der Waals surface area (Å²) in [6, 6.07) is 2.07. The van der Waals surface area contributed by atoms with Crippen molar-refractivity contribution in [3.63, 3.8) is 0 Å². The Labute approximate surface area is 85.0 Å². The molecule has 0 radical (unpaired) electrons. The van der Waals surface area contributed by atoms with E-state index in [1.165, 1.54) is 0 Å². The molecule has 80 valence electrons. The van der Waals surface area contributed by atoms with Gasteiger partial charge in [-0.15, -0.1) is 0 Å². The molecule has 0 aliphatic carbocycles. The highest BCUT2D eigenvalue weighted by molar-refractivity contribution is 5.00. The van der Waals surface area contributed by atoms with Crippen molar-refractivity contribution in [3.05, 3.63) is 0 Å². The van der Waals surface area contributed by atoms with Gasteiger partial charge >= 0.3 is 0 Å². The molecular weight excluding hydrogens is 180 g/mol. The van der Waals surface area contributed by atoms with Crippen LogP contribution in [0.1, 0.15) is 26.2 Å². The van der Waals surface area contributed by atoms with Gasteiger partial charge < -0.3 is 15.2 Å². The van der Waals surface area contributed by atoms with Gasteiger partial charge in [0.05, 0.1) is 18.8 Å².